The van der Waals surface area contributed by atoms with Crippen LogP contribution in [0.5, 0.6) is 0 Å². The predicted molar refractivity (Wildman–Crippen MR) is 262 cm³/mol. The van der Waals surface area contributed by atoms with E-state index >= 15 is 0 Å². The normalized spacial score (nSPS) is 11.5. The van der Waals surface area contributed by atoms with Crippen LogP contribution in [0.4, 0.5) is 0 Å². The van der Waals surface area contributed by atoms with Crippen molar-refractivity contribution in [3.63, 3.8) is 0 Å². The fourth-order valence-corrected chi connectivity index (χ4v) is 9.67. The molecule has 0 saturated carbocycles. The highest BCUT2D eigenvalue weighted by Gasteiger charge is 2.18. The molecule has 12 aromatic rings. The molecule has 0 bridgehead atoms. The lowest BCUT2D eigenvalue weighted by Crippen LogP contribution is -1.92. The highest BCUT2D eigenvalue weighted by Crippen LogP contribution is 2.41. The van der Waals surface area contributed by atoms with Crippen LogP contribution in [-0.4, -0.2) is 9.13 Å². The molecule has 0 aliphatic heterocycles. The van der Waals surface area contributed by atoms with E-state index in [9.17, 15) is 0 Å². The maximum absolute atomic E-state index is 2.38. The summed E-state index contributed by atoms with van der Waals surface area (Å²) in [6, 6.07) is 88.2. The van der Waals surface area contributed by atoms with Crippen molar-refractivity contribution in [3.05, 3.63) is 243 Å². The second-order valence-corrected chi connectivity index (χ2v) is 16.1. The fraction of sp³-hybridized carbons (Fsp3) is 0. The van der Waals surface area contributed by atoms with Gasteiger partial charge in [0, 0.05) is 32.9 Å². The molecule has 0 fully saturated rings. The van der Waals surface area contributed by atoms with Crippen molar-refractivity contribution >= 4 is 43.6 Å². The molecule has 2 nitrogen and oxygen atoms in total. The van der Waals surface area contributed by atoms with Crippen molar-refractivity contribution in [2.75, 3.05) is 0 Å². The van der Waals surface area contributed by atoms with Gasteiger partial charge in [-0.1, -0.05) is 182 Å². The van der Waals surface area contributed by atoms with E-state index in [-0.39, 0.29) is 0 Å². The largest absolute Gasteiger partial charge is 0.309 e. The number of fused-ring (bicyclic) bond motifs is 6. The van der Waals surface area contributed by atoms with Gasteiger partial charge in [0.1, 0.15) is 0 Å². The van der Waals surface area contributed by atoms with Crippen LogP contribution in [0.15, 0.2) is 243 Å². The Kier molecular flexibility index (Phi) is 8.53. The summed E-state index contributed by atoms with van der Waals surface area (Å²) in [6.07, 6.45) is 0. The summed E-state index contributed by atoms with van der Waals surface area (Å²) >= 11 is 0. The van der Waals surface area contributed by atoms with E-state index in [1.165, 1.54) is 111 Å². The molecule has 0 unspecified atom stereocenters. The minimum Gasteiger partial charge on any atom is -0.309 e. The van der Waals surface area contributed by atoms with Crippen LogP contribution in [0.25, 0.3) is 111 Å². The molecule has 0 amide bonds. The Labute approximate surface area is 360 Å². The standard InChI is InChI=1S/C60H40N2/c1-3-19-49(20-4-1)61-55-27-9-7-23-53(55)59-51(25-13-29-57(59)61)43-35-31-41(32-36-43)45-15-11-17-47(39-45)48-18-12-16-46(40-48)42-33-37-44(38-34-42)52-26-14-30-58-60(52)54-24-8-10-28-56(54)62(58)50-21-5-2-6-22-50/h1-40H. The summed E-state index contributed by atoms with van der Waals surface area (Å²) in [6.45, 7) is 0. The number of hydrogen-bond donors (Lipinski definition) is 0. The molecule has 2 aromatic heterocycles. The number of hydrogen-bond acceptors (Lipinski definition) is 0. The first kappa shape index (κ1) is 35.7. The Morgan fingerprint density at radius 3 is 0.952 bits per heavy atom. The van der Waals surface area contributed by atoms with Gasteiger partial charge in [-0.2, -0.15) is 0 Å². The van der Waals surface area contributed by atoms with E-state index in [0.717, 1.165) is 0 Å². The third kappa shape index (κ3) is 5.96. The lowest BCUT2D eigenvalue weighted by Gasteiger charge is -2.11. The van der Waals surface area contributed by atoms with Crippen LogP contribution in [0.1, 0.15) is 0 Å². The van der Waals surface area contributed by atoms with E-state index < -0.39 is 0 Å². The minimum atomic E-state index is 1.17. The monoisotopic (exact) mass is 788 g/mol. The summed E-state index contributed by atoms with van der Waals surface area (Å²) < 4.78 is 4.76. The zero-order chi connectivity index (χ0) is 41.0. The van der Waals surface area contributed by atoms with Gasteiger partial charge in [0.05, 0.1) is 22.1 Å². The zero-order valence-corrected chi connectivity index (χ0v) is 34.0. The van der Waals surface area contributed by atoms with Crippen molar-refractivity contribution in [3.8, 4) is 67.0 Å². The average molecular weight is 789 g/mol. The van der Waals surface area contributed by atoms with Crippen LogP contribution in [-0.2, 0) is 0 Å². The summed E-state index contributed by atoms with van der Waals surface area (Å²) in [7, 11) is 0. The predicted octanol–water partition coefficient (Wildman–Crippen LogP) is 16.2. The maximum Gasteiger partial charge on any atom is 0.0547 e. The SMILES string of the molecule is c1ccc(-n2c3ccccc3c3c(-c4ccc(-c5cccc(-c6cccc(-c7ccc(-c8cccc9c8c8ccccc8n9-c8ccccc8)cc7)c6)c5)cc4)cccc32)cc1. The molecular formula is C60H40N2. The molecule has 2 heteroatoms. The molecule has 10 aromatic carbocycles. The topological polar surface area (TPSA) is 9.86 Å². The Morgan fingerprint density at radius 1 is 0.210 bits per heavy atom. The minimum absolute atomic E-state index is 1.17. The van der Waals surface area contributed by atoms with Gasteiger partial charge in [0.15, 0.2) is 0 Å². The first-order valence-electron chi connectivity index (χ1n) is 21.3. The summed E-state index contributed by atoms with van der Waals surface area (Å²) in [5, 5.41) is 5.08. The average Bonchev–Trinajstić information content (AvgIpc) is 3.88. The molecular weight excluding hydrogens is 749 g/mol. The molecule has 0 atom stereocenters. The number of para-hydroxylation sites is 4. The number of rotatable bonds is 7. The van der Waals surface area contributed by atoms with Crippen molar-refractivity contribution < 1.29 is 0 Å². The molecule has 0 aliphatic rings. The molecule has 0 aliphatic carbocycles. The van der Waals surface area contributed by atoms with Gasteiger partial charge in [-0.25, -0.2) is 0 Å². The Morgan fingerprint density at radius 2 is 0.532 bits per heavy atom. The lowest BCUT2D eigenvalue weighted by molar-refractivity contribution is 1.18. The zero-order valence-electron chi connectivity index (χ0n) is 34.0. The van der Waals surface area contributed by atoms with E-state index in [2.05, 4.69) is 252 Å². The third-order valence-corrected chi connectivity index (χ3v) is 12.5. The Hall–Kier alpha value is -8.20. The number of nitrogens with zero attached hydrogens (tertiary/aromatic N) is 2. The van der Waals surface area contributed by atoms with E-state index in [0.29, 0.717) is 0 Å². The van der Waals surface area contributed by atoms with Gasteiger partial charge in [0.25, 0.3) is 0 Å². The summed E-state index contributed by atoms with van der Waals surface area (Å²) in [4.78, 5) is 0. The molecule has 12 rings (SSSR count). The molecule has 290 valence electrons. The Balaban J connectivity index is 0.849. The lowest BCUT2D eigenvalue weighted by atomic mass is 9.94. The van der Waals surface area contributed by atoms with Crippen LogP contribution in [0.3, 0.4) is 0 Å². The number of aromatic nitrogens is 2. The first-order chi connectivity index (χ1) is 30.8. The molecule has 0 radical (unpaired) electrons. The van der Waals surface area contributed by atoms with Crippen molar-refractivity contribution in [2.24, 2.45) is 0 Å². The van der Waals surface area contributed by atoms with Gasteiger partial charge in [-0.3, -0.25) is 0 Å². The van der Waals surface area contributed by atoms with E-state index in [4.69, 9.17) is 0 Å². The van der Waals surface area contributed by atoms with Gasteiger partial charge >= 0.3 is 0 Å². The molecule has 0 spiro atoms. The Bertz CT molecular complexity index is 3350. The molecule has 0 N–H and O–H groups in total. The van der Waals surface area contributed by atoms with Crippen LogP contribution in [0, 0.1) is 0 Å². The maximum atomic E-state index is 2.38. The van der Waals surface area contributed by atoms with Crippen LogP contribution >= 0.6 is 0 Å². The second kappa shape index (κ2) is 14.8. The fourth-order valence-electron chi connectivity index (χ4n) is 9.67. The van der Waals surface area contributed by atoms with E-state index in [1.807, 2.05) is 0 Å². The summed E-state index contributed by atoms with van der Waals surface area (Å²) in [5.41, 5.74) is 19.3. The van der Waals surface area contributed by atoms with Crippen LogP contribution in [0.2, 0.25) is 0 Å². The smallest absolute Gasteiger partial charge is 0.0547 e. The summed E-state index contributed by atoms with van der Waals surface area (Å²) in [5.74, 6) is 0. The highest BCUT2D eigenvalue weighted by atomic mass is 15.0. The van der Waals surface area contributed by atoms with Crippen LogP contribution < -0.4 is 0 Å². The van der Waals surface area contributed by atoms with Crippen molar-refractivity contribution in [1.29, 1.82) is 0 Å². The second-order valence-electron chi connectivity index (χ2n) is 16.1. The number of benzene rings is 10. The highest BCUT2D eigenvalue weighted by molar-refractivity contribution is 6.17. The van der Waals surface area contributed by atoms with Crippen molar-refractivity contribution in [2.45, 2.75) is 0 Å². The van der Waals surface area contributed by atoms with Gasteiger partial charge < -0.3 is 9.13 Å². The third-order valence-electron chi connectivity index (χ3n) is 12.5. The van der Waals surface area contributed by atoms with Gasteiger partial charge in [-0.05, 0) is 116 Å². The quantitative estimate of drug-likeness (QED) is 0.152. The van der Waals surface area contributed by atoms with Gasteiger partial charge in [0.2, 0.25) is 0 Å². The van der Waals surface area contributed by atoms with Gasteiger partial charge in [-0.15, -0.1) is 0 Å². The first-order valence-corrected chi connectivity index (χ1v) is 21.3. The van der Waals surface area contributed by atoms with Crippen molar-refractivity contribution in [1.82, 2.24) is 9.13 Å². The van der Waals surface area contributed by atoms with E-state index in [1.54, 1.807) is 0 Å². The molecule has 2 heterocycles. The molecule has 62 heavy (non-hydrogen) atoms. The molecule has 0 saturated heterocycles.